The van der Waals surface area contributed by atoms with Crippen LogP contribution in [0.25, 0.3) is 10.8 Å². The van der Waals surface area contributed by atoms with Gasteiger partial charge >= 0.3 is 0 Å². The summed E-state index contributed by atoms with van der Waals surface area (Å²) in [7, 11) is 0. The summed E-state index contributed by atoms with van der Waals surface area (Å²) in [6.07, 6.45) is 1.52. The van der Waals surface area contributed by atoms with Crippen molar-refractivity contribution in [2.24, 2.45) is 0 Å². The number of carbonyl (C=O) groups is 1. The molecule has 2 aromatic heterocycles. The van der Waals surface area contributed by atoms with Gasteiger partial charge in [-0.15, -0.1) is 11.3 Å². The molecule has 1 aromatic carbocycles. The third-order valence-corrected chi connectivity index (χ3v) is 4.26. The van der Waals surface area contributed by atoms with Crippen LogP contribution < -0.4 is 11.1 Å². The fraction of sp³-hybridized carbons (Fsp3) is 0.133. The standard InChI is InChI=1S/C15H14N4OS/c1-9-13(21-8-19-9)7-18-15(20)12-6-17-14(16)11-5-3-2-4-10(11)12/h2-6,8H,7H2,1H3,(H2,16,17)(H,18,20). The molecule has 0 atom stereocenters. The van der Waals surface area contributed by atoms with Gasteiger partial charge in [0.05, 0.1) is 23.3 Å². The van der Waals surface area contributed by atoms with Crippen LogP contribution in [-0.2, 0) is 6.54 Å². The minimum absolute atomic E-state index is 0.161. The van der Waals surface area contributed by atoms with Crippen molar-refractivity contribution in [3.8, 4) is 0 Å². The number of benzene rings is 1. The Morgan fingerprint density at radius 1 is 1.29 bits per heavy atom. The van der Waals surface area contributed by atoms with Crippen LogP contribution >= 0.6 is 11.3 Å². The molecule has 5 nitrogen and oxygen atoms in total. The summed E-state index contributed by atoms with van der Waals surface area (Å²) in [5.41, 5.74) is 9.10. The van der Waals surface area contributed by atoms with Crippen LogP contribution in [0.15, 0.2) is 36.0 Å². The number of amides is 1. The van der Waals surface area contributed by atoms with Gasteiger partial charge in [-0.05, 0) is 12.3 Å². The fourth-order valence-electron chi connectivity index (χ4n) is 2.15. The van der Waals surface area contributed by atoms with Gasteiger partial charge in [0.25, 0.3) is 5.91 Å². The second kappa shape index (κ2) is 5.49. The second-order valence-electron chi connectivity index (χ2n) is 4.65. The zero-order valence-electron chi connectivity index (χ0n) is 11.5. The molecular weight excluding hydrogens is 284 g/mol. The van der Waals surface area contributed by atoms with Gasteiger partial charge in [-0.3, -0.25) is 4.79 Å². The Hall–Kier alpha value is -2.47. The van der Waals surface area contributed by atoms with Crippen molar-refractivity contribution in [1.29, 1.82) is 0 Å². The normalized spacial score (nSPS) is 10.7. The van der Waals surface area contributed by atoms with Crippen LogP contribution in [0.3, 0.4) is 0 Å². The average Bonchev–Trinajstić information content (AvgIpc) is 2.91. The number of aromatic nitrogens is 2. The van der Waals surface area contributed by atoms with E-state index >= 15 is 0 Å². The van der Waals surface area contributed by atoms with E-state index < -0.39 is 0 Å². The fourth-order valence-corrected chi connectivity index (χ4v) is 2.86. The number of anilines is 1. The molecule has 3 aromatic rings. The summed E-state index contributed by atoms with van der Waals surface area (Å²) in [5, 5.41) is 4.50. The number of nitrogens with one attached hydrogen (secondary N) is 1. The first-order valence-corrected chi connectivity index (χ1v) is 7.35. The molecule has 106 valence electrons. The molecule has 0 unspecified atom stereocenters. The van der Waals surface area contributed by atoms with Crippen molar-refractivity contribution in [2.45, 2.75) is 13.5 Å². The summed E-state index contributed by atoms with van der Waals surface area (Å²) >= 11 is 1.53. The lowest BCUT2D eigenvalue weighted by Gasteiger charge is -2.08. The molecule has 3 rings (SSSR count). The molecule has 2 heterocycles. The number of hydrogen-bond acceptors (Lipinski definition) is 5. The highest BCUT2D eigenvalue weighted by Gasteiger charge is 2.13. The maximum Gasteiger partial charge on any atom is 0.253 e. The summed E-state index contributed by atoms with van der Waals surface area (Å²) in [5.74, 6) is 0.270. The van der Waals surface area contributed by atoms with E-state index in [-0.39, 0.29) is 5.91 Å². The number of thiazole rings is 1. The van der Waals surface area contributed by atoms with Gasteiger partial charge in [-0.2, -0.15) is 0 Å². The third kappa shape index (κ3) is 2.57. The van der Waals surface area contributed by atoms with E-state index in [0.29, 0.717) is 17.9 Å². The van der Waals surface area contributed by atoms with Crippen LogP contribution in [0.5, 0.6) is 0 Å². The number of aryl methyl sites for hydroxylation is 1. The number of rotatable bonds is 3. The van der Waals surface area contributed by atoms with Gasteiger partial charge in [0.15, 0.2) is 0 Å². The lowest BCUT2D eigenvalue weighted by atomic mass is 10.1. The van der Waals surface area contributed by atoms with Crippen LogP contribution in [0.2, 0.25) is 0 Å². The van der Waals surface area contributed by atoms with E-state index in [2.05, 4.69) is 15.3 Å². The average molecular weight is 298 g/mol. The van der Waals surface area contributed by atoms with E-state index in [4.69, 9.17) is 5.73 Å². The predicted octanol–water partition coefficient (Wildman–Crippen LogP) is 2.51. The van der Waals surface area contributed by atoms with E-state index in [1.165, 1.54) is 17.5 Å². The number of carbonyl (C=O) groups excluding carboxylic acids is 1. The molecule has 0 fully saturated rings. The lowest BCUT2D eigenvalue weighted by Crippen LogP contribution is -2.23. The molecule has 0 aliphatic carbocycles. The largest absolute Gasteiger partial charge is 0.383 e. The monoisotopic (exact) mass is 298 g/mol. The van der Waals surface area contributed by atoms with Crippen molar-refractivity contribution in [1.82, 2.24) is 15.3 Å². The SMILES string of the molecule is Cc1ncsc1CNC(=O)c1cnc(N)c2ccccc12. The molecule has 0 radical (unpaired) electrons. The predicted molar refractivity (Wildman–Crippen MR) is 84.2 cm³/mol. The van der Waals surface area contributed by atoms with E-state index in [0.717, 1.165) is 21.3 Å². The van der Waals surface area contributed by atoms with Crippen LogP contribution in [0.1, 0.15) is 20.9 Å². The Balaban J connectivity index is 1.88. The Morgan fingerprint density at radius 2 is 2.05 bits per heavy atom. The second-order valence-corrected chi connectivity index (χ2v) is 5.59. The van der Waals surface area contributed by atoms with Gasteiger partial charge < -0.3 is 11.1 Å². The minimum atomic E-state index is -0.161. The van der Waals surface area contributed by atoms with Crippen LogP contribution in [-0.4, -0.2) is 15.9 Å². The maximum absolute atomic E-state index is 12.4. The lowest BCUT2D eigenvalue weighted by molar-refractivity contribution is 0.0952. The maximum atomic E-state index is 12.4. The molecule has 0 saturated carbocycles. The first kappa shape index (κ1) is 13.5. The Kier molecular flexibility index (Phi) is 3.53. The quantitative estimate of drug-likeness (QED) is 0.778. The topological polar surface area (TPSA) is 80.9 Å². The highest BCUT2D eigenvalue weighted by atomic mass is 32.1. The number of hydrogen-bond donors (Lipinski definition) is 2. The van der Waals surface area contributed by atoms with E-state index in [1.807, 2.05) is 31.2 Å². The highest BCUT2D eigenvalue weighted by Crippen LogP contribution is 2.22. The van der Waals surface area contributed by atoms with Gasteiger partial charge in [0, 0.05) is 16.5 Å². The number of pyridine rings is 1. The van der Waals surface area contributed by atoms with Crippen molar-refractivity contribution in [2.75, 3.05) is 5.73 Å². The number of nitrogens with zero attached hydrogens (tertiary/aromatic N) is 2. The molecule has 1 amide bonds. The van der Waals surface area contributed by atoms with Crippen LogP contribution in [0.4, 0.5) is 5.82 Å². The Labute approximate surface area is 125 Å². The zero-order chi connectivity index (χ0) is 14.8. The summed E-state index contributed by atoms with van der Waals surface area (Å²) in [6.45, 7) is 2.40. The van der Waals surface area contributed by atoms with Gasteiger partial charge in [-0.1, -0.05) is 24.3 Å². The molecule has 21 heavy (non-hydrogen) atoms. The Morgan fingerprint density at radius 3 is 2.76 bits per heavy atom. The number of nitrogens with two attached hydrogens (primary N) is 1. The molecule has 3 N–H and O–H groups in total. The first-order valence-electron chi connectivity index (χ1n) is 6.47. The number of nitrogen functional groups attached to an aromatic ring is 1. The zero-order valence-corrected chi connectivity index (χ0v) is 12.3. The molecule has 6 heteroatoms. The van der Waals surface area contributed by atoms with E-state index in [1.54, 1.807) is 5.51 Å². The Bertz CT molecular complexity index is 812. The van der Waals surface area contributed by atoms with Gasteiger partial charge in [-0.25, -0.2) is 9.97 Å². The molecule has 0 spiro atoms. The van der Waals surface area contributed by atoms with E-state index in [9.17, 15) is 4.79 Å². The van der Waals surface area contributed by atoms with Crippen molar-refractivity contribution in [3.05, 3.63) is 52.1 Å². The summed E-state index contributed by atoms with van der Waals surface area (Å²) in [6, 6.07) is 7.50. The van der Waals surface area contributed by atoms with Gasteiger partial charge in [0.1, 0.15) is 5.82 Å². The molecule has 0 aliphatic rings. The van der Waals surface area contributed by atoms with Crippen molar-refractivity contribution in [3.63, 3.8) is 0 Å². The van der Waals surface area contributed by atoms with Crippen molar-refractivity contribution >= 4 is 33.8 Å². The van der Waals surface area contributed by atoms with Gasteiger partial charge in [0.2, 0.25) is 0 Å². The summed E-state index contributed by atoms with van der Waals surface area (Å²) < 4.78 is 0. The summed E-state index contributed by atoms with van der Waals surface area (Å²) in [4.78, 5) is 21.7. The molecule has 0 saturated heterocycles. The smallest absolute Gasteiger partial charge is 0.253 e. The van der Waals surface area contributed by atoms with Crippen molar-refractivity contribution < 1.29 is 4.79 Å². The molecule has 0 bridgehead atoms. The molecule has 0 aliphatic heterocycles. The minimum Gasteiger partial charge on any atom is -0.383 e. The number of fused-ring (bicyclic) bond motifs is 1. The highest BCUT2D eigenvalue weighted by molar-refractivity contribution is 7.09. The molecular formula is C15H14N4OS. The van der Waals surface area contributed by atoms with Crippen LogP contribution in [0, 0.1) is 6.92 Å². The third-order valence-electron chi connectivity index (χ3n) is 3.32. The first-order chi connectivity index (χ1) is 10.2.